The average molecular weight is 356 g/mol. The summed E-state index contributed by atoms with van der Waals surface area (Å²) in [5.41, 5.74) is 2.83. The Morgan fingerprint density at radius 3 is 2.08 bits per heavy atom. The van der Waals surface area contributed by atoms with Crippen LogP contribution in [0.5, 0.6) is 0 Å². The third-order valence-corrected chi connectivity index (χ3v) is 5.50. The third-order valence-electron chi connectivity index (χ3n) is 3.82. The molecule has 0 aliphatic heterocycles. The molecular formula is C19H20N2O3S. The summed E-state index contributed by atoms with van der Waals surface area (Å²) < 4.78 is 31.7. The Labute approximate surface area is 147 Å². The molecule has 0 fully saturated rings. The smallest absolute Gasteiger partial charge is 0.233 e. The molecule has 0 aliphatic rings. The van der Waals surface area contributed by atoms with Crippen molar-refractivity contribution in [1.29, 1.82) is 0 Å². The van der Waals surface area contributed by atoms with Gasteiger partial charge in [0.15, 0.2) is 0 Å². The predicted octanol–water partition coefficient (Wildman–Crippen LogP) is 4.22. The number of aromatic nitrogens is 1. The first-order chi connectivity index (χ1) is 11.9. The van der Waals surface area contributed by atoms with Crippen LogP contribution < -0.4 is 5.32 Å². The molecule has 0 atom stereocenters. The molecule has 0 bridgehead atoms. The number of rotatable bonds is 5. The van der Waals surface area contributed by atoms with Crippen LogP contribution in [0.25, 0.3) is 11.5 Å². The van der Waals surface area contributed by atoms with Gasteiger partial charge in [-0.05, 0) is 45.0 Å². The summed E-state index contributed by atoms with van der Waals surface area (Å²) in [6.45, 7) is 6.29. The maximum absolute atomic E-state index is 13.0. The SMILES string of the molecule is CCNc1oc(-c2ccc(C)cc2)nc1S(=O)(=O)c1ccc(C)cc1. The highest BCUT2D eigenvalue weighted by Gasteiger charge is 2.28. The molecule has 0 amide bonds. The zero-order valence-electron chi connectivity index (χ0n) is 14.4. The van der Waals surface area contributed by atoms with Crippen LogP contribution in [0.1, 0.15) is 18.1 Å². The lowest BCUT2D eigenvalue weighted by molar-refractivity contribution is 0.578. The van der Waals surface area contributed by atoms with E-state index >= 15 is 0 Å². The highest BCUT2D eigenvalue weighted by molar-refractivity contribution is 7.91. The van der Waals surface area contributed by atoms with Crippen molar-refractivity contribution in [2.24, 2.45) is 0 Å². The van der Waals surface area contributed by atoms with E-state index in [0.717, 1.165) is 16.7 Å². The van der Waals surface area contributed by atoms with Crippen molar-refractivity contribution in [3.63, 3.8) is 0 Å². The van der Waals surface area contributed by atoms with Gasteiger partial charge in [0.2, 0.25) is 26.6 Å². The van der Waals surface area contributed by atoms with Gasteiger partial charge in [0.1, 0.15) is 0 Å². The normalized spacial score (nSPS) is 11.5. The van der Waals surface area contributed by atoms with Crippen LogP contribution in [0, 0.1) is 13.8 Å². The van der Waals surface area contributed by atoms with Gasteiger partial charge in [-0.1, -0.05) is 35.4 Å². The van der Waals surface area contributed by atoms with Crippen molar-refractivity contribution < 1.29 is 12.8 Å². The number of benzene rings is 2. The van der Waals surface area contributed by atoms with Gasteiger partial charge in [-0.15, -0.1) is 0 Å². The molecule has 1 heterocycles. The van der Waals surface area contributed by atoms with Gasteiger partial charge in [0, 0.05) is 12.1 Å². The average Bonchev–Trinajstić information content (AvgIpc) is 3.01. The van der Waals surface area contributed by atoms with Gasteiger partial charge in [-0.2, -0.15) is 4.98 Å². The molecule has 3 rings (SSSR count). The van der Waals surface area contributed by atoms with Crippen LogP contribution in [0.2, 0.25) is 0 Å². The largest absolute Gasteiger partial charge is 0.419 e. The number of nitrogens with zero attached hydrogens (tertiary/aromatic N) is 1. The number of hydrogen-bond acceptors (Lipinski definition) is 5. The molecule has 25 heavy (non-hydrogen) atoms. The Kier molecular flexibility index (Phi) is 4.63. The van der Waals surface area contributed by atoms with Crippen molar-refractivity contribution in [1.82, 2.24) is 4.98 Å². The van der Waals surface area contributed by atoms with Crippen molar-refractivity contribution >= 4 is 15.7 Å². The zero-order valence-corrected chi connectivity index (χ0v) is 15.2. The lowest BCUT2D eigenvalue weighted by Crippen LogP contribution is -2.07. The fraction of sp³-hybridized carbons (Fsp3) is 0.211. The summed E-state index contributed by atoms with van der Waals surface area (Å²) in [5.74, 6) is 0.445. The molecular weight excluding hydrogens is 336 g/mol. The summed E-state index contributed by atoms with van der Waals surface area (Å²) in [4.78, 5) is 4.48. The molecule has 6 heteroatoms. The topological polar surface area (TPSA) is 72.2 Å². The molecule has 0 aliphatic carbocycles. The van der Waals surface area contributed by atoms with E-state index in [2.05, 4.69) is 10.3 Å². The minimum atomic E-state index is -3.77. The number of anilines is 1. The van der Waals surface area contributed by atoms with E-state index < -0.39 is 9.84 Å². The summed E-state index contributed by atoms with van der Waals surface area (Å²) in [6, 6.07) is 14.3. The molecule has 3 aromatic rings. The Morgan fingerprint density at radius 1 is 0.960 bits per heavy atom. The second-order valence-electron chi connectivity index (χ2n) is 5.87. The van der Waals surface area contributed by atoms with Crippen LogP contribution in [0.3, 0.4) is 0 Å². The minimum absolute atomic E-state index is 0.0891. The molecule has 0 spiro atoms. The van der Waals surface area contributed by atoms with E-state index in [0.29, 0.717) is 6.54 Å². The molecule has 2 aromatic carbocycles. The van der Waals surface area contributed by atoms with Gasteiger partial charge < -0.3 is 9.73 Å². The molecule has 0 saturated heterocycles. The van der Waals surface area contributed by atoms with Crippen molar-refractivity contribution in [3.05, 3.63) is 59.7 Å². The van der Waals surface area contributed by atoms with Crippen LogP contribution in [-0.4, -0.2) is 19.9 Å². The lowest BCUT2D eigenvalue weighted by atomic mass is 10.1. The zero-order chi connectivity index (χ0) is 18.0. The number of oxazole rings is 1. The van der Waals surface area contributed by atoms with E-state index in [1.807, 2.05) is 45.0 Å². The minimum Gasteiger partial charge on any atom is -0.419 e. The van der Waals surface area contributed by atoms with Crippen molar-refractivity contribution in [2.45, 2.75) is 30.7 Å². The van der Waals surface area contributed by atoms with Crippen LogP contribution in [0.15, 0.2) is 62.9 Å². The second-order valence-corrected chi connectivity index (χ2v) is 7.73. The van der Waals surface area contributed by atoms with Crippen LogP contribution in [0.4, 0.5) is 5.88 Å². The predicted molar refractivity (Wildman–Crippen MR) is 97.5 cm³/mol. The molecule has 0 saturated carbocycles. The Balaban J connectivity index is 2.11. The van der Waals surface area contributed by atoms with Gasteiger partial charge in [-0.25, -0.2) is 8.42 Å². The first-order valence-corrected chi connectivity index (χ1v) is 9.53. The van der Waals surface area contributed by atoms with E-state index in [4.69, 9.17) is 4.42 Å². The van der Waals surface area contributed by atoms with E-state index in [1.165, 1.54) is 0 Å². The third kappa shape index (κ3) is 3.44. The summed E-state index contributed by atoms with van der Waals surface area (Å²) >= 11 is 0. The van der Waals surface area contributed by atoms with E-state index in [1.54, 1.807) is 24.3 Å². The van der Waals surface area contributed by atoms with Gasteiger partial charge in [0.25, 0.3) is 0 Å². The van der Waals surface area contributed by atoms with Gasteiger partial charge in [-0.3, -0.25) is 0 Å². The van der Waals surface area contributed by atoms with Gasteiger partial charge >= 0.3 is 0 Å². The Bertz CT molecular complexity index is 973. The fourth-order valence-corrected chi connectivity index (χ4v) is 3.69. The standard InChI is InChI=1S/C19H20N2O3S/c1-4-20-18-19(25(22,23)16-11-7-14(3)8-12-16)21-17(24-18)15-9-5-13(2)6-10-15/h5-12,20H,4H2,1-3H3. The Hall–Kier alpha value is -2.60. The summed E-state index contributed by atoms with van der Waals surface area (Å²) in [6.07, 6.45) is 0. The van der Waals surface area contributed by atoms with Crippen LogP contribution in [-0.2, 0) is 9.84 Å². The highest BCUT2D eigenvalue weighted by atomic mass is 32.2. The molecule has 1 aromatic heterocycles. The number of sulfone groups is 1. The summed E-state index contributed by atoms with van der Waals surface area (Å²) in [7, 11) is -3.77. The molecule has 1 N–H and O–H groups in total. The molecule has 0 unspecified atom stereocenters. The van der Waals surface area contributed by atoms with E-state index in [9.17, 15) is 8.42 Å². The van der Waals surface area contributed by atoms with Crippen molar-refractivity contribution in [2.75, 3.05) is 11.9 Å². The summed E-state index contributed by atoms with van der Waals surface area (Å²) in [5, 5.41) is 2.87. The number of hydrogen-bond donors (Lipinski definition) is 1. The number of nitrogens with one attached hydrogen (secondary N) is 1. The fourth-order valence-electron chi connectivity index (χ4n) is 2.41. The van der Waals surface area contributed by atoms with Crippen LogP contribution >= 0.6 is 0 Å². The first-order valence-electron chi connectivity index (χ1n) is 8.05. The number of aryl methyl sites for hydroxylation is 2. The molecule has 130 valence electrons. The lowest BCUT2D eigenvalue weighted by Gasteiger charge is -2.04. The quantitative estimate of drug-likeness (QED) is 0.741. The Morgan fingerprint density at radius 2 is 1.52 bits per heavy atom. The maximum Gasteiger partial charge on any atom is 0.233 e. The van der Waals surface area contributed by atoms with Crippen molar-refractivity contribution in [3.8, 4) is 11.5 Å². The molecule has 5 nitrogen and oxygen atoms in total. The molecule has 0 radical (unpaired) electrons. The van der Waals surface area contributed by atoms with Gasteiger partial charge in [0.05, 0.1) is 4.90 Å². The van der Waals surface area contributed by atoms with E-state index in [-0.39, 0.29) is 21.7 Å². The highest BCUT2D eigenvalue weighted by Crippen LogP contribution is 2.32. The monoisotopic (exact) mass is 356 g/mol. The first kappa shape index (κ1) is 17.2. The maximum atomic E-state index is 13.0. The second kappa shape index (κ2) is 6.72.